The number of hydrogen-bond donors (Lipinski definition) is 2. The van der Waals surface area contributed by atoms with Crippen molar-refractivity contribution in [2.24, 2.45) is 5.73 Å². The van der Waals surface area contributed by atoms with Gasteiger partial charge in [-0.1, -0.05) is 25.1 Å². The van der Waals surface area contributed by atoms with Crippen LogP contribution >= 0.6 is 0 Å². The van der Waals surface area contributed by atoms with Gasteiger partial charge in [0.1, 0.15) is 18.1 Å². The average Bonchev–Trinajstić information content (AvgIpc) is 2.99. The topological polar surface area (TPSA) is 95.1 Å². The Kier molecular flexibility index (Phi) is 4.01. The number of anilines is 1. The molecule has 1 aromatic carbocycles. The maximum Gasteiger partial charge on any atom is 0.248 e. The van der Waals surface area contributed by atoms with E-state index in [1.54, 1.807) is 11.6 Å². The number of carbonyl (C=O) groups is 1. The average molecular weight is 313 g/mol. The molecule has 3 rings (SSSR count). The molecule has 0 radical (unpaired) electrons. The Morgan fingerprint density at radius 3 is 2.96 bits per heavy atom. The van der Waals surface area contributed by atoms with Gasteiger partial charge in [0.2, 0.25) is 11.9 Å². The summed E-state index contributed by atoms with van der Waals surface area (Å²) in [5.41, 5.74) is 7.59. The number of nitrogens with zero attached hydrogens (tertiary/aromatic N) is 3. The van der Waals surface area contributed by atoms with E-state index in [4.69, 9.17) is 10.5 Å². The summed E-state index contributed by atoms with van der Waals surface area (Å²) in [5, 5.41) is 7.31. The first kappa shape index (κ1) is 15.1. The Hall–Kier alpha value is -2.83. The number of ether oxygens (including phenoxy) is 1. The molecule has 1 unspecified atom stereocenters. The van der Waals surface area contributed by atoms with Crippen molar-refractivity contribution in [2.45, 2.75) is 26.3 Å². The first-order valence-corrected chi connectivity index (χ1v) is 7.52. The maximum absolute atomic E-state index is 12.0. The fourth-order valence-corrected chi connectivity index (χ4v) is 2.75. The van der Waals surface area contributed by atoms with Gasteiger partial charge in [-0.25, -0.2) is 4.68 Å². The second-order valence-corrected chi connectivity index (χ2v) is 5.34. The standard InChI is InChI=1S/C16H19N5O2/c1-3-8-23-12-7-5-4-6-11(12)14-13(15(17)22)10(2)20-16-18-9-19-21(14)16/h4-7,9,14H,3,8H2,1-2H3,(H2,17,22)(H,18,19,20). The van der Waals surface area contributed by atoms with Gasteiger partial charge in [-0.3, -0.25) is 4.79 Å². The van der Waals surface area contributed by atoms with Crippen molar-refractivity contribution >= 4 is 11.9 Å². The molecule has 23 heavy (non-hydrogen) atoms. The highest BCUT2D eigenvalue weighted by molar-refractivity contribution is 5.95. The maximum atomic E-state index is 12.0. The van der Waals surface area contributed by atoms with Crippen LogP contribution in [0.1, 0.15) is 31.9 Å². The number of benzene rings is 1. The summed E-state index contributed by atoms with van der Waals surface area (Å²) >= 11 is 0. The van der Waals surface area contributed by atoms with E-state index in [2.05, 4.69) is 15.4 Å². The minimum Gasteiger partial charge on any atom is -0.493 e. The van der Waals surface area contributed by atoms with Crippen LogP contribution < -0.4 is 15.8 Å². The summed E-state index contributed by atoms with van der Waals surface area (Å²) in [4.78, 5) is 16.2. The van der Waals surface area contributed by atoms with Crippen molar-refractivity contribution in [2.75, 3.05) is 11.9 Å². The number of para-hydroxylation sites is 1. The van der Waals surface area contributed by atoms with Crippen molar-refractivity contribution in [3.05, 3.63) is 47.4 Å². The predicted octanol–water partition coefficient (Wildman–Crippen LogP) is 1.84. The van der Waals surface area contributed by atoms with E-state index in [9.17, 15) is 4.79 Å². The highest BCUT2D eigenvalue weighted by Crippen LogP contribution is 2.38. The Morgan fingerprint density at radius 2 is 2.22 bits per heavy atom. The molecule has 1 aromatic heterocycles. The fourth-order valence-electron chi connectivity index (χ4n) is 2.75. The summed E-state index contributed by atoms with van der Waals surface area (Å²) in [5.74, 6) is 0.795. The molecular formula is C16H19N5O2. The quantitative estimate of drug-likeness (QED) is 0.878. The Balaban J connectivity index is 2.15. The van der Waals surface area contributed by atoms with Crippen molar-refractivity contribution in [1.29, 1.82) is 0 Å². The molecule has 2 aromatic rings. The molecule has 7 nitrogen and oxygen atoms in total. The number of carbonyl (C=O) groups excluding carboxylic acids is 1. The normalized spacial score (nSPS) is 16.7. The predicted molar refractivity (Wildman–Crippen MR) is 85.9 cm³/mol. The van der Waals surface area contributed by atoms with Crippen molar-refractivity contribution < 1.29 is 9.53 Å². The number of fused-ring (bicyclic) bond motifs is 1. The molecular weight excluding hydrogens is 294 g/mol. The molecule has 7 heteroatoms. The van der Waals surface area contributed by atoms with E-state index in [0.29, 0.717) is 29.6 Å². The zero-order valence-corrected chi connectivity index (χ0v) is 13.1. The highest BCUT2D eigenvalue weighted by atomic mass is 16.5. The summed E-state index contributed by atoms with van der Waals surface area (Å²) in [6.07, 6.45) is 2.34. The van der Waals surface area contributed by atoms with Crippen LogP contribution in [0.5, 0.6) is 5.75 Å². The highest BCUT2D eigenvalue weighted by Gasteiger charge is 2.33. The largest absolute Gasteiger partial charge is 0.493 e. The number of nitrogens with two attached hydrogens (primary N) is 1. The number of allylic oxidation sites excluding steroid dienone is 1. The second kappa shape index (κ2) is 6.12. The lowest BCUT2D eigenvalue weighted by Gasteiger charge is -2.28. The summed E-state index contributed by atoms with van der Waals surface area (Å²) in [6, 6.07) is 7.15. The van der Waals surface area contributed by atoms with Gasteiger partial charge >= 0.3 is 0 Å². The monoisotopic (exact) mass is 313 g/mol. The lowest BCUT2D eigenvalue weighted by Crippen LogP contribution is -2.32. The van der Waals surface area contributed by atoms with Crippen molar-refractivity contribution in [3.8, 4) is 5.75 Å². The zero-order chi connectivity index (χ0) is 16.4. The van der Waals surface area contributed by atoms with Crippen LogP contribution in [-0.4, -0.2) is 27.3 Å². The zero-order valence-electron chi connectivity index (χ0n) is 13.1. The van der Waals surface area contributed by atoms with Crippen LogP contribution in [0.3, 0.4) is 0 Å². The molecule has 3 N–H and O–H groups in total. The van der Waals surface area contributed by atoms with E-state index in [-0.39, 0.29) is 0 Å². The van der Waals surface area contributed by atoms with Gasteiger partial charge in [0, 0.05) is 11.3 Å². The SMILES string of the molecule is CCCOc1ccccc1C1C(C(N)=O)=C(C)Nc2ncnn21. The molecule has 0 saturated carbocycles. The molecule has 0 spiro atoms. The third-order valence-corrected chi connectivity index (χ3v) is 3.74. The van der Waals surface area contributed by atoms with Crippen molar-refractivity contribution in [3.63, 3.8) is 0 Å². The Bertz CT molecular complexity index is 765. The molecule has 1 atom stereocenters. The van der Waals surface area contributed by atoms with Gasteiger partial charge < -0.3 is 15.8 Å². The van der Waals surface area contributed by atoms with Gasteiger partial charge in [-0.15, -0.1) is 0 Å². The first-order chi connectivity index (χ1) is 11.1. The number of rotatable bonds is 5. The third kappa shape index (κ3) is 2.65. The minimum absolute atomic E-state index is 0.454. The molecule has 0 fully saturated rings. The summed E-state index contributed by atoms with van der Waals surface area (Å²) in [7, 11) is 0. The molecule has 1 aliphatic rings. The smallest absolute Gasteiger partial charge is 0.248 e. The molecule has 120 valence electrons. The fraction of sp³-hybridized carbons (Fsp3) is 0.312. The Labute approximate surface area is 134 Å². The number of aromatic nitrogens is 3. The van der Waals surface area contributed by atoms with Gasteiger partial charge in [0.05, 0.1) is 12.2 Å². The number of primary amides is 1. The number of hydrogen-bond acceptors (Lipinski definition) is 5. The molecule has 2 heterocycles. The minimum atomic E-state index is -0.494. The van der Waals surface area contributed by atoms with Gasteiger partial charge in [-0.2, -0.15) is 10.1 Å². The molecule has 0 bridgehead atoms. The first-order valence-electron chi connectivity index (χ1n) is 7.52. The second-order valence-electron chi connectivity index (χ2n) is 5.34. The van der Waals surface area contributed by atoms with E-state index < -0.39 is 11.9 Å². The van der Waals surface area contributed by atoms with Crippen LogP contribution in [0.25, 0.3) is 0 Å². The van der Waals surface area contributed by atoms with Crippen LogP contribution in [0.4, 0.5) is 5.95 Å². The van der Waals surface area contributed by atoms with Crippen LogP contribution in [0, 0.1) is 0 Å². The lowest BCUT2D eigenvalue weighted by molar-refractivity contribution is -0.115. The van der Waals surface area contributed by atoms with Crippen molar-refractivity contribution in [1.82, 2.24) is 14.8 Å². The molecule has 1 amide bonds. The van der Waals surface area contributed by atoms with Crippen LogP contribution in [-0.2, 0) is 4.79 Å². The molecule has 0 saturated heterocycles. The van der Waals surface area contributed by atoms with Gasteiger partial charge in [0.25, 0.3) is 0 Å². The van der Waals surface area contributed by atoms with E-state index in [1.807, 2.05) is 31.2 Å². The van der Waals surface area contributed by atoms with Crippen LogP contribution in [0.2, 0.25) is 0 Å². The number of nitrogens with one attached hydrogen (secondary N) is 1. The molecule has 1 aliphatic heterocycles. The van der Waals surface area contributed by atoms with E-state index >= 15 is 0 Å². The number of amides is 1. The van der Waals surface area contributed by atoms with E-state index in [1.165, 1.54) is 6.33 Å². The summed E-state index contributed by atoms with van der Waals surface area (Å²) in [6.45, 7) is 4.45. The summed E-state index contributed by atoms with van der Waals surface area (Å²) < 4.78 is 7.49. The van der Waals surface area contributed by atoms with Gasteiger partial charge in [-0.05, 0) is 19.4 Å². The van der Waals surface area contributed by atoms with Gasteiger partial charge in [0.15, 0.2) is 0 Å². The Morgan fingerprint density at radius 1 is 1.43 bits per heavy atom. The van der Waals surface area contributed by atoms with E-state index in [0.717, 1.165) is 12.0 Å². The van der Waals surface area contributed by atoms with Crippen LogP contribution in [0.15, 0.2) is 41.9 Å². The lowest BCUT2D eigenvalue weighted by atomic mass is 9.94. The molecule has 0 aliphatic carbocycles. The third-order valence-electron chi connectivity index (χ3n) is 3.74.